The molecule has 4 rings (SSSR count). The average Bonchev–Trinajstić information content (AvgIpc) is 2.69. The van der Waals surface area contributed by atoms with Crippen molar-refractivity contribution in [2.75, 3.05) is 5.32 Å². The monoisotopic (exact) mass is 330 g/mol. The number of hydrogen-bond acceptors (Lipinski definition) is 2. The molecule has 3 heteroatoms. The molecule has 0 atom stereocenters. The second-order valence-electron chi connectivity index (χ2n) is 6.84. The lowest BCUT2D eigenvalue weighted by atomic mass is 9.68. The maximum absolute atomic E-state index is 13.4. The summed E-state index contributed by atoms with van der Waals surface area (Å²) in [6, 6.07) is 20.2. The lowest BCUT2D eigenvalue weighted by Crippen LogP contribution is -2.42. The number of nitrogens with zero attached hydrogens (tertiary/aromatic N) is 1. The smallest absolute Gasteiger partial charge is 0.236 e. The zero-order valence-corrected chi connectivity index (χ0v) is 14.2. The molecule has 3 nitrogen and oxygen atoms in total. The highest BCUT2D eigenvalue weighted by Gasteiger charge is 2.41. The SMILES string of the molecule is O=C(Nc1nccc2ccccc12)C1(c2ccccc2)CCCCC1. The van der Waals surface area contributed by atoms with Gasteiger partial charge in [0.15, 0.2) is 0 Å². The summed E-state index contributed by atoms with van der Waals surface area (Å²) in [5.74, 6) is 0.728. The topological polar surface area (TPSA) is 42.0 Å². The normalized spacial score (nSPS) is 16.5. The fourth-order valence-electron chi connectivity index (χ4n) is 4.01. The van der Waals surface area contributed by atoms with Gasteiger partial charge in [-0.25, -0.2) is 4.98 Å². The Morgan fingerprint density at radius 2 is 1.60 bits per heavy atom. The largest absolute Gasteiger partial charge is 0.309 e. The summed E-state index contributed by atoms with van der Waals surface area (Å²) in [6.07, 6.45) is 6.93. The minimum absolute atomic E-state index is 0.0715. The summed E-state index contributed by atoms with van der Waals surface area (Å²) >= 11 is 0. The number of fused-ring (bicyclic) bond motifs is 1. The van der Waals surface area contributed by atoms with E-state index in [1.54, 1.807) is 6.20 Å². The minimum Gasteiger partial charge on any atom is -0.309 e. The number of hydrogen-bond donors (Lipinski definition) is 1. The molecule has 1 saturated carbocycles. The van der Waals surface area contributed by atoms with Crippen molar-refractivity contribution < 1.29 is 4.79 Å². The Kier molecular flexibility index (Phi) is 4.22. The second-order valence-corrected chi connectivity index (χ2v) is 6.84. The van der Waals surface area contributed by atoms with Gasteiger partial charge in [0.2, 0.25) is 5.91 Å². The van der Waals surface area contributed by atoms with Crippen LogP contribution < -0.4 is 5.32 Å². The maximum Gasteiger partial charge on any atom is 0.236 e. The van der Waals surface area contributed by atoms with Crippen LogP contribution in [0, 0.1) is 0 Å². The third kappa shape index (κ3) is 2.91. The van der Waals surface area contributed by atoms with E-state index in [0.717, 1.165) is 42.0 Å². The Morgan fingerprint density at radius 3 is 2.40 bits per heavy atom. The molecule has 1 heterocycles. The Hall–Kier alpha value is -2.68. The van der Waals surface area contributed by atoms with Gasteiger partial charge in [-0.1, -0.05) is 73.9 Å². The van der Waals surface area contributed by atoms with Crippen LogP contribution in [0.1, 0.15) is 37.7 Å². The molecular formula is C22H22N2O. The van der Waals surface area contributed by atoms with Crippen molar-refractivity contribution in [2.45, 2.75) is 37.5 Å². The van der Waals surface area contributed by atoms with Crippen LogP contribution in [0.2, 0.25) is 0 Å². The van der Waals surface area contributed by atoms with E-state index in [9.17, 15) is 4.79 Å². The van der Waals surface area contributed by atoms with Gasteiger partial charge in [-0.05, 0) is 29.9 Å². The highest BCUT2D eigenvalue weighted by Crippen LogP contribution is 2.40. The fourth-order valence-corrected chi connectivity index (χ4v) is 4.01. The molecule has 25 heavy (non-hydrogen) atoms. The molecule has 1 aromatic heterocycles. The molecule has 0 aliphatic heterocycles. The van der Waals surface area contributed by atoms with E-state index < -0.39 is 5.41 Å². The number of rotatable bonds is 3. The standard InChI is InChI=1S/C22H22N2O/c25-21(24-20-19-12-6-5-9-17(19)13-16-23-20)22(14-7-2-8-15-22)18-10-3-1-4-11-18/h1,3-6,9-13,16H,2,7-8,14-15H2,(H,23,24,25). The zero-order valence-electron chi connectivity index (χ0n) is 14.2. The van der Waals surface area contributed by atoms with Crippen molar-refractivity contribution in [3.8, 4) is 0 Å². The van der Waals surface area contributed by atoms with Crippen LogP contribution in [0.5, 0.6) is 0 Å². The van der Waals surface area contributed by atoms with E-state index in [-0.39, 0.29) is 5.91 Å². The van der Waals surface area contributed by atoms with Gasteiger partial charge in [0, 0.05) is 11.6 Å². The molecule has 2 aromatic carbocycles. The zero-order chi connectivity index (χ0) is 17.1. The molecule has 0 radical (unpaired) electrons. The molecule has 1 aliphatic rings. The van der Waals surface area contributed by atoms with Crippen molar-refractivity contribution in [1.29, 1.82) is 0 Å². The minimum atomic E-state index is -0.446. The first-order chi connectivity index (χ1) is 12.3. The number of anilines is 1. The molecule has 3 aromatic rings. The van der Waals surface area contributed by atoms with E-state index in [4.69, 9.17) is 0 Å². The molecule has 0 saturated heterocycles. The van der Waals surface area contributed by atoms with E-state index in [1.165, 1.54) is 6.42 Å². The van der Waals surface area contributed by atoms with Crippen LogP contribution in [0.15, 0.2) is 66.9 Å². The number of amides is 1. The Balaban J connectivity index is 1.72. The molecule has 1 N–H and O–H groups in total. The third-order valence-electron chi connectivity index (χ3n) is 5.37. The van der Waals surface area contributed by atoms with E-state index in [2.05, 4.69) is 22.4 Å². The Morgan fingerprint density at radius 1 is 0.880 bits per heavy atom. The second kappa shape index (κ2) is 6.67. The fraction of sp³-hybridized carbons (Fsp3) is 0.273. The van der Waals surface area contributed by atoms with Crippen LogP contribution in [-0.2, 0) is 10.2 Å². The molecule has 0 unspecified atom stereocenters. The Bertz CT molecular complexity index is 877. The van der Waals surface area contributed by atoms with Crippen LogP contribution in [0.3, 0.4) is 0 Å². The molecule has 1 fully saturated rings. The predicted octanol–water partition coefficient (Wildman–Crippen LogP) is 5.08. The number of nitrogens with one attached hydrogen (secondary N) is 1. The van der Waals surface area contributed by atoms with Crippen LogP contribution in [0.4, 0.5) is 5.82 Å². The lowest BCUT2D eigenvalue weighted by molar-refractivity contribution is -0.122. The molecule has 0 spiro atoms. The van der Waals surface area contributed by atoms with Gasteiger partial charge >= 0.3 is 0 Å². The third-order valence-corrected chi connectivity index (χ3v) is 5.37. The molecule has 126 valence electrons. The summed E-state index contributed by atoms with van der Waals surface area (Å²) < 4.78 is 0. The van der Waals surface area contributed by atoms with Crippen LogP contribution >= 0.6 is 0 Å². The summed E-state index contributed by atoms with van der Waals surface area (Å²) in [4.78, 5) is 17.8. The summed E-state index contributed by atoms with van der Waals surface area (Å²) in [6.45, 7) is 0. The van der Waals surface area contributed by atoms with E-state index in [1.807, 2.05) is 48.5 Å². The van der Waals surface area contributed by atoms with Gasteiger partial charge in [-0.2, -0.15) is 0 Å². The van der Waals surface area contributed by atoms with E-state index in [0.29, 0.717) is 5.82 Å². The average molecular weight is 330 g/mol. The molecule has 0 bridgehead atoms. The number of carbonyl (C=O) groups excluding carboxylic acids is 1. The van der Waals surface area contributed by atoms with Crippen molar-refractivity contribution in [2.24, 2.45) is 0 Å². The molecule has 1 amide bonds. The van der Waals surface area contributed by atoms with Crippen LogP contribution in [-0.4, -0.2) is 10.9 Å². The van der Waals surface area contributed by atoms with Gasteiger partial charge in [-0.3, -0.25) is 4.79 Å². The van der Waals surface area contributed by atoms with E-state index >= 15 is 0 Å². The molecular weight excluding hydrogens is 308 g/mol. The van der Waals surface area contributed by atoms with Gasteiger partial charge < -0.3 is 5.32 Å². The summed E-state index contributed by atoms with van der Waals surface area (Å²) in [5.41, 5.74) is 0.672. The van der Waals surface area contributed by atoms with Gasteiger partial charge in [0.1, 0.15) is 5.82 Å². The van der Waals surface area contributed by atoms with Gasteiger partial charge in [0.05, 0.1) is 5.41 Å². The van der Waals surface area contributed by atoms with Crippen molar-refractivity contribution in [1.82, 2.24) is 4.98 Å². The van der Waals surface area contributed by atoms with Gasteiger partial charge in [0.25, 0.3) is 0 Å². The first-order valence-corrected chi connectivity index (χ1v) is 9.00. The van der Waals surface area contributed by atoms with Crippen molar-refractivity contribution in [3.63, 3.8) is 0 Å². The number of benzene rings is 2. The number of aromatic nitrogens is 1. The Labute approximate surface area is 148 Å². The predicted molar refractivity (Wildman–Crippen MR) is 102 cm³/mol. The van der Waals surface area contributed by atoms with Crippen molar-refractivity contribution in [3.05, 3.63) is 72.4 Å². The first kappa shape index (κ1) is 15.8. The summed E-state index contributed by atoms with van der Waals surface area (Å²) in [7, 11) is 0. The maximum atomic E-state index is 13.4. The van der Waals surface area contributed by atoms with Crippen LogP contribution in [0.25, 0.3) is 10.8 Å². The number of carbonyl (C=O) groups is 1. The molecule has 1 aliphatic carbocycles. The lowest BCUT2D eigenvalue weighted by Gasteiger charge is -2.36. The highest BCUT2D eigenvalue weighted by atomic mass is 16.2. The van der Waals surface area contributed by atoms with Crippen molar-refractivity contribution >= 4 is 22.5 Å². The highest BCUT2D eigenvalue weighted by molar-refractivity contribution is 6.04. The first-order valence-electron chi connectivity index (χ1n) is 9.00. The van der Waals surface area contributed by atoms with Gasteiger partial charge in [-0.15, -0.1) is 0 Å². The summed E-state index contributed by atoms with van der Waals surface area (Å²) in [5, 5.41) is 5.22. The quantitative estimate of drug-likeness (QED) is 0.728. The number of pyridine rings is 1.